The van der Waals surface area contributed by atoms with Crippen molar-refractivity contribution in [1.29, 1.82) is 0 Å². The molecule has 0 radical (unpaired) electrons. The molecule has 2 aromatic rings. The molecule has 6 nitrogen and oxygen atoms in total. The molecule has 1 N–H and O–H groups in total. The minimum absolute atomic E-state index is 0.0182. The number of aliphatic hydroxyl groups is 1. The molecular weight excluding hydrogens is 340 g/mol. The maximum Gasteiger partial charge on any atom is 0.274 e. The number of carbonyl (C=O) groups is 1. The summed E-state index contributed by atoms with van der Waals surface area (Å²) in [6, 6.07) is 12.6. The first kappa shape index (κ1) is 18.2. The van der Waals surface area contributed by atoms with Crippen molar-refractivity contribution in [3.05, 3.63) is 53.3 Å². The molecule has 1 amide bonds. The third-order valence-electron chi connectivity index (χ3n) is 5.70. The summed E-state index contributed by atoms with van der Waals surface area (Å²) < 4.78 is 1.99. The summed E-state index contributed by atoms with van der Waals surface area (Å²) in [5.41, 5.74) is 2.97. The highest BCUT2D eigenvalue weighted by Crippen LogP contribution is 2.23. The molecule has 2 aliphatic rings. The van der Waals surface area contributed by atoms with Gasteiger partial charge in [-0.1, -0.05) is 30.3 Å². The Bertz CT molecular complexity index is 772. The van der Waals surface area contributed by atoms with Crippen molar-refractivity contribution >= 4 is 5.91 Å². The molecule has 0 spiro atoms. The monoisotopic (exact) mass is 368 g/mol. The van der Waals surface area contributed by atoms with Crippen molar-refractivity contribution in [3.63, 3.8) is 0 Å². The fourth-order valence-corrected chi connectivity index (χ4v) is 4.27. The van der Waals surface area contributed by atoms with Crippen LogP contribution in [0.15, 0.2) is 36.4 Å². The van der Waals surface area contributed by atoms with Gasteiger partial charge >= 0.3 is 0 Å². The van der Waals surface area contributed by atoms with E-state index in [2.05, 4.69) is 34.3 Å². The summed E-state index contributed by atoms with van der Waals surface area (Å²) in [7, 11) is 0. The number of rotatable bonds is 5. The van der Waals surface area contributed by atoms with Gasteiger partial charge in [-0.15, -0.1) is 0 Å². The van der Waals surface area contributed by atoms with Gasteiger partial charge in [0.1, 0.15) is 0 Å². The first-order valence-electron chi connectivity index (χ1n) is 9.99. The Hall–Kier alpha value is -2.18. The number of benzene rings is 1. The van der Waals surface area contributed by atoms with E-state index < -0.39 is 0 Å². The van der Waals surface area contributed by atoms with Crippen LogP contribution in [0.4, 0.5) is 0 Å². The van der Waals surface area contributed by atoms with Gasteiger partial charge in [0.15, 0.2) is 5.69 Å². The lowest BCUT2D eigenvalue weighted by Crippen LogP contribution is -2.44. The highest BCUT2D eigenvalue weighted by Gasteiger charge is 2.30. The fourth-order valence-electron chi connectivity index (χ4n) is 4.27. The highest BCUT2D eigenvalue weighted by atomic mass is 16.3. The lowest BCUT2D eigenvalue weighted by molar-refractivity contribution is 0.0567. The molecule has 1 fully saturated rings. The Balaban J connectivity index is 1.45. The summed E-state index contributed by atoms with van der Waals surface area (Å²) in [5.74, 6) is 0.0182. The number of aromatic nitrogens is 2. The second-order valence-electron chi connectivity index (χ2n) is 7.60. The number of fused-ring (bicyclic) bond motifs is 1. The normalized spacial score (nSPS) is 20.5. The SMILES string of the molecule is O=C(c1cc2n(n1)CCN(Cc1ccccc1)C2)N1CCCCC1CCO. The molecule has 4 rings (SSSR count). The molecule has 27 heavy (non-hydrogen) atoms. The minimum atomic E-state index is 0.0182. The zero-order valence-corrected chi connectivity index (χ0v) is 15.8. The van der Waals surface area contributed by atoms with Gasteiger partial charge in [-0.3, -0.25) is 14.4 Å². The molecule has 1 atom stereocenters. The van der Waals surface area contributed by atoms with Crippen LogP contribution >= 0.6 is 0 Å². The van der Waals surface area contributed by atoms with Crippen LogP contribution < -0.4 is 0 Å². The summed E-state index contributed by atoms with van der Waals surface area (Å²) in [4.78, 5) is 17.4. The minimum Gasteiger partial charge on any atom is -0.396 e. The van der Waals surface area contributed by atoms with Crippen molar-refractivity contribution < 1.29 is 9.90 Å². The number of likely N-dealkylation sites (tertiary alicyclic amines) is 1. The van der Waals surface area contributed by atoms with E-state index in [1.807, 2.05) is 21.7 Å². The van der Waals surface area contributed by atoms with Crippen molar-refractivity contribution in [3.8, 4) is 0 Å². The summed E-state index contributed by atoms with van der Waals surface area (Å²) in [6.45, 7) is 4.38. The number of amides is 1. The van der Waals surface area contributed by atoms with Crippen LogP contribution in [0.2, 0.25) is 0 Å². The fraction of sp³-hybridized carbons (Fsp3) is 0.524. The predicted molar refractivity (Wildman–Crippen MR) is 103 cm³/mol. The Kier molecular flexibility index (Phi) is 5.55. The van der Waals surface area contributed by atoms with Gasteiger partial charge in [0, 0.05) is 38.8 Å². The van der Waals surface area contributed by atoms with Crippen LogP contribution in [0.1, 0.15) is 47.4 Å². The number of hydrogen-bond donors (Lipinski definition) is 1. The molecular formula is C21H28N4O2. The second kappa shape index (κ2) is 8.23. The lowest BCUT2D eigenvalue weighted by Gasteiger charge is -2.35. The van der Waals surface area contributed by atoms with Crippen LogP contribution in [0.5, 0.6) is 0 Å². The maximum absolute atomic E-state index is 13.0. The zero-order chi connectivity index (χ0) is 18.6. The molecule has 3 heterocycles. The quantitative estimate of drug-likeness (QED) is 0.880. The summed E-state index contributed by atoms with van der Waals surface area (Å²) >= 11 is 0. The lowest BCUT2D eigenvalue weighted by atomic mass is 9.99. The zero-order valence-electron chi connectivity index (χ0n) is 15.8. The van der Waals surface area contributed by atoms with Crippen LogP contribution in [-0.2, 0) is 19.6 Å². The van der Waals surface area contributed by atoms with Gasteiger partial charge in [0.05, 0.1) is 12.2 Å². The van der Waals surface area contributed by atoms with E-state index in [-0.39, 0.29) is 18.6 Å². The van der Waals surface area contributed by atoms with Gasteiger partial charge < -0.3 is 10.0 Å². The van der Waals surface area contributed by atoms with E-state index in [1.165, 1.54) is 5.56 Å². The van der Waals surface area contributed by atoms with E-state index >= 15 is 0 Å². The smallest absolute Gasteiger partial charge is 0.274 e. The van der Waals surface area contributed by atoms with Crippen LogP contribution in [0.25, 0.3) is 0 Å². The number of carbonyl (C=O) groups excluding carboxylic acids is 1. The molecule has 1 aromatic carbocycles. The standard InChI is InChI=1S/C21H28N4O2/c26-13-9-18-8-4-5-10-24(18)21(27)20-14-19-16-23(11-12-25(19)22-20)15-17-6-2-1-3-7-17/h1-3,6-7,14,18,26H,4-5,8-13,15-16H2. The Morgan fingerprint density at radius 3 is 2.81 bits per heavy atom. The van der Waals surface area contributed by atoms with Crippen LogP contribution in [0.3, 0.4) is 0 Å². The first-order valence-corrected chi connectivity index (χ1v) is 9.99. The number of aliphatic hydroxyl groups excluding tert-OH is 1. The summed E-state index contributed by atoms with van der Waals surface area (Å²) in [5, 5.41) is 13.9. The topological polar surface area (TPSA) is 61.6 Å². The molecule has 0 saturated carbocycles. The molecule has 6 heteroatoms. The number of hydrogen-bond acceptors (Lipinski definition) is 4. The van der Waals surface area contributed by atoms with Crippen molar-refractivity contribution in [2.24, 2.45) is 0 Å². The predicted octanol–water partition coefficient (Wildman–Crippen LogP) is 2.28. The molecule has 1 saturated heterocycles. The summed E-state index contributed by atoms with van der Waals surface area (Å²) in [6.07, 6.45) is 3.80. The highest BCUT2D eigenvalue weighted by molar-refractivity contribution is 5.92. The van der Waals surface area contributed by atoms with Gasteiger partial charge in [-0.2, -0.15) is 5.10 Å². The van der Waals surface area contributed by atoms with E-state index in [1.54, 1.807) is 0 Å². The molecule has 144 valence electrons. The third-order valence-corrected chi connectivity index (χ3v) is 5.70. The van der Waals surface area contributed by atoms with E-state index in [9.17, 15) is 9.90 Å². The average Bonchev–Trinajstić information content (AvgIpc) is 3.12. The van der Waals surface area contributed by atoms with E-state index in [4.69, 9.17) is 0 Å². The number of piperidine rings is 1. The van der Waals surface area contributed by atoms with Gasteiger partial charge in [0.25, 0.3) is 5.91 Å². The Morgan fingerprint density at radius 1 is 1.15 bits per heavy atom. The van der Waals surface area contributed by atoms with E-state index in [0.717, 1.165) is 57.7 Å². The van der Waals surface area contributed by atoms with Crippen molar-refractivity contribution in [2.75, 3.05) is 19.7 Å². The molecule has 0 bridgehead atoms. The van der Waals surface area contributed by atoms with Gasteiger partial charge in [0.2, 0.25) is 0 Å². The average molecular weight is 368 g/mol. The molecule has 1 aromatic heterocycles. The molecule has 1 unspecified atom stereocenters. The van der Waals surface area contributed by atoms with Crippen molar-refractivity contribution in [1.82, 2.24) is 19.6 Å². The third kappa shape index (κ3) is 4.06. The van der Waals surface area contributed by atoms with Gasteiger partial charge in [-0.05, 0) is 37.3 Å². The van der Waals surface area contributed by atoms with Crippen LogP contribution in [0, 0.1) is 0 Å². The maximum atomic E-state index is 13.0. The second-order valence-corrected chi connectivity index (χ2v) is 7.60. The van der Waals surface area contributed by atoms with Crippen LogP contribution in [-0.4, -0.2) is 56.3 Å². The van der Waals surface area contributed by atoms with Crippen molar-refractivity contribution in [2.45, 2.75) is 51.4 Å². The first-order chi connectivity index (χ1) is 13.2. The number of nitrogens with zero attached hydrogens (tertiary/aromatic N) is 4. The largest absolute Gasteiger partial charge is 0.396 e. The molecule has 0 aliphatic carbocycles. The van der Waals surface area contributed by atoms with E-state index in [0.29, 0.717) is 12.1 Å². The van der Waals surface area contributed by atoms with Gasteiger partial charge in [-0.25, -0.2) is 0 Å². The Labute approximate surface area is 160 Å². The molecule has 2 aliphatic heterocycles. The Morgan fingerprint density at radius 2 is 2.00 bits per heavy atom.